The zero-order valence-corrected chi connectivity index (χ0v) is 24.1. The number of nitrogens with zero attached hydrogens (tertiary/aromatic N) is 4. The highest BCUT2D eigenvalue weighted by Crippen LogP contribution is 2.42. The Labute approximate surface area is 252 Å². The van der Waals surface area contributed by atoms with Gasteiger partial charge in [-0.05, 0) is 59.9 Å². The number of nitrogen functional groups attached to an aromatic ring is 1. The van der Waals surface area contributed by atoms with Gasteiger partial charge in [-0.2, -0.15) is 23.1 Å². The molecule has 2 saturated heterocycles. The number of benzene rings is 2. The number of carbonyl (C=O) groups excluding carboxylic acids is 1. The van der Waals surface area contributed by atoms with Crippen LogP contribution in [0.3, 0.4) is 0 Å². The molecule has 0 saturated carbocycles. The third-order valence-corrected chi connectivity index (χ3v) is 9.02. The summed E-state index contributed by atoms with van der Waals surface area (Å²) in [5, 5.41) is 12.4. The second-order valence-electron chi connectivity index (χ2n) is 11.8. The number of nitrogens with one attached hydrogen (secondary N) is 1. The highest BCUT2D eigenvalue weighted by atomic mass is 19.4. The number of piperidine rings is 1. The van der Waals surface area contributed by atoms with Crippen LogP contribution in [0.15, 0.2) is 48.5 Å². The number of aromatic nitrogens is 2. The fourth-order valence-electron chi connectivity index (χ4n) is 6.47. The minimum absolute atomic E-state index is 0.0481. The number of amides is 1. The lowest BCUT2D eigenvalue weighted by molar-refractivity contribution is -0.198. The van der Waals surface area contributed by atoms with Gasteiger partial charge < -0.3 is 30.7 Å². The highest BCUT2D eigenvalue weighted by Gasteiger charge is 2.45. The third-order valence-electron chi connectivity index (χ3n) is 9.02. The number of halogens is 3. The van der Waals surface area contributed by atoms with E-state index in [4.69, 9.17) is 10.5 Å². The van der Waals surface area contributed by atoms with Crippen molar-refractivity contribution < 1.29 is 32.6 Å². The molecule has 0 bridgehead atoms. The molecule has 3 aromatic rings. The van der Waals surface area contributed by atoms with Gasteiger partial charge in [0.15, 0.2) is 0 Å². The average molecular weight is 611 g/mol. The number of anilines is 3. The van der Waals surface area contributed by atoms with Crippen molar-refractivity contribution in [2.75, 3.05) is 42.2 Å². The number of carboxylic acid groups (broad SMARTS) is 1. The van der Waals surface area contributed by atoms with Gasteiger partial charge in [-0.3, -0.25) is 9.59 Å². The van der Waals surface area contributed by atoms with Crippen molar-refractivity contribution in [1.29, 1.82) is 0 Å². The lowest BCUT2D eigenvalue weighted by atomic mass is 9.76. The van der Waals surface area contributed by atoms with Crippen LogP contribution in [0.4, 0.5) is 30.6 Å². The summed E-state index contributed by atoms with van der Waals surface area (Å²) in [7, 11) is 1.73. The van der Waals surface area contributed by atoms with Crippen LogP contribution in [0.1, 0.15) is 42.9 Å². The topological polar surface area (TPSA) is 134 Å². The van der Waals surface area contributed by atoms with Gasteiger partial charge in [0.2, 0.25) is 23.8 Å². The predicted molar refractivity (Wildman–Crippen MR) is 157 cm³/mol. The first-order chi connectivity index (χ1) is 20.9. The Morgan fingerprint density at radius 2 is 1.80 bits per heavy atom. The van der Waals surface area contributed by atoms with Crippen LogP contribution in [0.5, 0.6) is 5.88 Å². The maximum Gasteiger partial charge on any atom is 0.429 e. The summed E-state index contributed by atoms with van der Waals surface area (Å²) in [4.78, 5) is 35.1. The first kappa shape index (κ1) is 29.7. The Morgan fingerprint density at radius 3 is 2.45 bits per heavy atom. The van der Waals surface area contributed by atoms with Gasteiger partial charge in [0, 0.05) is 50.4 Å². The largest absolute Gasteiger partial charge is 0.480 e. The minimum Gasteiger partial charge on any atom is -0.480 e. The quantitative estimate of drug-likeness (QED) is 0.373. The van der Waals surface area contributed by atoms with Crippen LogP contribution in [-0.4, -0.2) is 65.9 Å². The van der Waals surface area contributed by atoms with Crippen LogP contribution in [-0.2, 0) is 16.0 Å². The zero-order valence-electron chi connectivity index (χ0n) is 24.1. The van der Waals surface area contributed by atoms with E-state index in [0.29, 0.717) is 57.6 Å². The summed E-state index contributed by atoms with van der Waals surface area (Å²) >= 11 is 0. The van der Waals surface area contributed by atoms with E-state index in [-0.39, 0.29) is 28.7 Å². The van der Waals surface area contributed by atoms with E-state index in [1.165, 1.54) is 18.2 Å². The van der Waals surface area contributed by atoms with E-state index in [2.05, 4.69) is 15.3 Å². The molecule has 2 atom stereocenters. The van der Waals surface area contributed by atoms with E-state index in [9.17, 15) is 27.9 Å². The van der Waals surface area contributed by atoms with Crippen molar-refractivity contribution in [3.05, 3.63) is 59.7 Å². The first-order valence-electron chi connectivity index (χ1n) is 14.5. The second kappa shape index (κ2) is 11.3. The molecule has 6 rings (SSSR count). The molecule has 1 amide bonds. The summed E-state index contributed by atoms with van der Waals surface area (Å²) in [6.07, 6.45) is -4.05. The van der Waals surface area contributed by atoms with Gasteiger partial charge in [-0.1, -0.05) is 30.3 Å². The molecule has 0 radical (unpaired) electrons. The molecule has 3 aliphatic heterocycles. The number of nitrogens with two attached hydrogens (primary N) is 1. The van der Waals surface area contributed by atoms with E-state index in [0.717, 1.165) is 22.4 Å². The van der Waals surface area contributed by atoms with Crippen LogP contribution < -0.4 is 25.6 Å². The van der Waals surface area contributed by atoms with Gasteiger partial charge in [-0.25, -0.2) is 0 Å². The van der Waals surface area contributed by atoms with Crippen molar-refractivity contribution >= 4 is 29.3 Å². The maximum atomic E-state index is 14.3. The molecular weight excluding hydrogens is 577 g/mol. The molecule has 13 heteroatoms. The molecule has 0 aliphatic carbocycles. The standard InChI is InChI=1S/C31H33F3N6O4/c1-39-23-8-6-20(14-21(23)7-9-26(39)41)18-2-4-19(5-3-18)27(31(32,33)34)44-25-15-24(37-29(35)38-25)40-12-10-30(11-13-40)16-22(28(42)43)36-17-30/h2-6,8,14-15,22,27,36H,7,9-13,16-17H2,1H3,(H,42,43)(H2,35,37,38)/t22?,27-/m1/s1. The number of carbonyl (C=O) groups is 2. The fourth-order valence-corrected chi connectivity index (χ4v) is 6.47. The van der Waals surface area contributed by atoms with E-state index >= 15 is 0 Å². The van der Waals surface area contributed by atoms with Crippen molar-refractivity contribution in [3.8, 4) is 17.0 Å². The number of carboxylic acids is 1. The molecule has 232 valence electrons. The molecule has 1 spiro atoms. The smallest absolute Gasteiger partial charge is 0.429 e. The van der Waals surface area contributed by atoms with Crippen molar-refractivity contribution in [2.45, 2.75) is 50.4 Å². The van der Waals surface area contributed by atoms with Crippen molar-refractivity contribution in [2.24, 2.45) is 5.41 Å². The van der Waals surface area contributed by atoms with Gasteiger partial charge in [0.05, 0.1) is 0 Å². The molecule has 3 aliphatic rings. The summed E-state index contributed by atoms with van der Waals surface area (Å²) in [6, 6.07) is 12.5. The highest BCUT2D eigenvalue weighted by molar-refractivity contribution is 5.96. The first-order valence-corrected chi connectivity index (χ1v) is 14.5. The van der Waals surface area contributed by atoms with Gasteiger partial charge >= 0.3 is 12.1 Å². The van der Waals surface area contributed by atoms with E-state index in [1.807, 2.05) is 23.1 Å². The SMILES string of the molecule is CN1C(=O)CCc2cc(-c3ccc([C@@H](Oc4cc(N5CCC6(CC5)CNC(C(=O)O)C6)nc(N)n4)C(F)(F)F)cc3)ccc21. The molecule has 2 fully saturated rings. The average Bonchev–Trinajstić information content (AvgIpc) is 3.41. The zero-order chi connectivity index (χ0) is 31.2. The molecule has 44 heavy (non-hydrogen) atoms. The normalized spacial score (nSPS) is 20.5. The summed E-state index contributed by atoms with van der Waals surface area (Å²) < 4.78 is 48.3. The molecule has 1 unspecified atom stereocenters. The molecule has 4 heterocycles. The van der Waals surface area contributed by atoms with Gasteiger partial charge in [0.1, 0.15) is 11.9 Å². The number of ether oxygens (including phenoxy) is 1. The second-order valence-corrected chi connectivity index (χ2v) is 11.8. The lowest BCUT2D eigenvalue weighted by Gasteiger charge is -2.39. The Balaban J connectivity index is 1.18. The van der Waals surface area contributed by atoms with E-state index in [1.54, 1.807) is 24.1 Å². The number of alkyl halides is 3. The number of fused-ring (bicyclic) bond motifs is 1. The van der Waals surface area contributed by atoms with Crippen LogP contribution >= 0.6 is 0 Å². The molecule has 10 nitrogen and oxygen atoms in total. The minimum atomic E-state index is -4.74. The van der Waals surface area contributed by atoms with Crippen LogP contribution in [0.25, 0.3) is 11.1 Å². The van der Waals surface area contributed by atoms with Gasteiger partial charge in [-0.15, -0.1) is 0 Å². The Kier molecular flexibility index (Phi) is 7.60. The lowest BCUT2D eigenvalue weighted by Crippen LogP contribution is -2.41. The molecule has 1 aromatic heterocycles. The number of aryl methyl sites for hydroxylation is 1. The Hall–Kier alpha value is -4.39. The Morgan fingerprint density at radius 1 is 1.09 bits per heavy atom. The molecule has 4 N–H and O–H groups in total. The third kappa shape index (κ3) is 5.88. The number of rotatable bonds is 6. The fraction of sp³-hybridized carbons (Fsp3) is 0.419. The molecule has 2 aromatic carbocycles. The van der Waals surface area contributed by atoms with Crippen molar-refractivity contribution in [1.82, 2.24) is 15.3 Å². The summed E-state index contributed by atoms with van der Waals surface area (Å²) in [6.45, 7) is 1.70. The Bertz CT molecular complexity index is 1570. The van der Waals surface area contributed by atoms with Crippen molar-refractivity contribution in [3.63, 3.8) is 0 Å². The number of aliphatic carboxylic acids is 1. The predicted octanol–water partition coefficient (Wildman–Crippen LogP) is 4.35. The number of hydrogen-bond donors (Lipinski definition) is 3. The summed E-state index contributed by atoms with van der Waals surface area (Å²) in [5.74, 6) is -0.955. The number of hydrogen-bond acceptors (Lipinski definition) is 8. The molecular formula is C31H33F3N6O4. The maximum absolute atomic E-state index is 14.3. The van der Waals surface area contributed by atoms with Gasteiger partial charge in [0.25, 0.3) is 0 Å². The monoisotopic (exact) mass is 610 g/mol. The van der Waals surface area contributed by atoms with Crippen LogP contribution in [0, 0.1) is 5.41 Å². The van der Waals surface area contributed by atoms with Crippen LogP contribution in [0.2, 0.25) is 0 Å². The summed E-state index contributed by atoms with van der Waals surface area (Å²) in [5.41, 5.74) is 9.09. The van der Waals surface area contributed by atoms with E-state index < -0.39 is 24.3 Å².